The monoisotopic (exact) mass is 219 g/mol. The third-order valence-electron chi connectivity index (χ3n) is 3.68. The fourth-order valence-electron chi connectivity index (χ4n) is 2.63. The molecule has 4 nitrogen and oxygen atoms in total. The molecule has 2 aliphatic heterocycles. The lowest BCUT2D eigenvalue weighted by Crippen LogP contribution is -2.46. The molecule has 1 saturated heterocycles. The first-order valence-corrected chi connectivity index (χ1v) is 5.82. The molecule has 1 fully saturated rings. The lowest BCUT2D eigenvalue weighted by molar-refractivity contribution is -0.0855. The van der Waals surface area contributed by atoms with Crippen molar-refractivity contribution in [3.05, 3.63) is 23.9 Å². The summed E-state index contributed by atoms with van der Waals surface area (Å²) in [5, 5.41) is 3.20. The van der Waals surface area contributed by atoms with Gasteiger partial charge in [0.05, 0.1) is 0 Å². The van der Waals surface area contributed by atoms with Gasteiger partial charge in [0.15, 0.2) is 0 Å². The van der Waals surface area contributed by atoms with Crippen LogP contribution < -0.4 is 5.32 Å². The lowest BCUT2D eigenvalue weighted by atomic mass is 9.84. The Morgan fingerprint density at radius 3 is 3.06 bits per heavy atom. The molecule has 16 heavy (non-hydrogen) atoms. The van der Waals surface area contributed by atoms with E-state index in [4.69, 9.17) is 4.74 Å². The molecule has 2 aliphatic rings. The van der Waals surface area contributed by atoms with Gasteiger partial charge in [-0.05, 0) is 26.0 Å². The molecule has 4 heteroatoms. The number of anilines is 1. The predicted octanol–water partition coefficient (Wildman–Crippen LogP) is 1.40. The molecule has 3 rings (SSSR count). The van der Waals surface area contributed by atoms with Crippen LogP contribution in [0.3, 0.4) is 0 Å². The number of nitrogens with zero attached hydrogens (tertiary/aromatic N) is 2. The maximum atomic E-state index is 6.00. The molecule has 0 amide bonds. The van der Waals surface area contributed by atoms with Gasteiger partial charge in [0.1, 0.15) is 18.1 Å². The first-order chi connectivity index (χ1) is 7.80. The van der Waals surface area contributed by atoms with Crippen molar-refractivity contribution in [1.29, 1.82) is 0 Å². The summed E-state index contributed by atoms with van der Waals surface area (Å²) in [5.41, 5.74) is 1.14. The van der Waals surface area contributed by atoms with Crippen molar-refractivity contribution in [2.45, 2.75) is 18.4 Å². The van der Waals surface area contributed by atoms with E-state index in [0.29, 0.717) is 6.73 Å². The van der Waals surface area contributed by atoms with Crippen LogP contribution in [0.25, 0.3) is 0 Å². The van der Waals surface area contributed by atoms with E-state index in [1.54, 1.807) is 0 Å². The molecule has 0 saturated carbocycles. The van der Waals surface area contributed by atoms with Crippen LogP contribution in [0.15, 0.2) is 18.3 Å². The highest BCUT2D eigenvalue weighted by atomic mass is 16.5. The highest BCUT2D eigenvalue weighted by Crippen LogP contribution is 2.41. The molecule has 0 atom stereocenters. The van der Waals surface area contributed by atoms with Gasteiger partial charge in [-0.1, -0.05) is 6.07 Å². The molecule has 0 aromatic carbocycles. The van der Waals surface area contributed by atoms with Gasteiger partial charge >= 0.3 is 0 Å². The lowest BCUT2D eigenvalue weighted by Gasteiger charge is -2.43. The minimum atomic E-state index is -0.0959. The molecule has 3 heterocycles. The summed E-state index contributed by atoms with van der Waals surface area (Å²) in [6.45, 7) is 2.76. The Morgan fingerprint density at radius 1 is 1.44 bits per heavy atom. The Kier molecular flexibility index (Phi) is 2.33. The van der Waals surface area contributed by atoms with E-state index in [1.807, 2.05) is 12.3 Å². The minimum absolute atomic E-state index is 0.0959. The normalized spacial score (nSPS) is 23.8. The van der Waals surface area contributed by atoms with Gasteiger partial charge in [0.25, 0.3) is 0 Å². The van der Waals surface area contributed by atoms with E-state index in [9.17, 15) is 0 Å². The number of pyridine rings is 1. The molecule has 1 spiro atoms. The first-order valence-electron chi connectivity index (χ1n) is 5.82. The number of ether oxygens (including phenoxy) is 1. The van der Waals surface area contributed by atoms with Gasteiger partial charge in [0, 0.05) is 24.8 Å². The molecule has 0 bridgehead atoms. The maximum absolute atomic E-state index is 6.00. The van der Waals surface area contributed by atoms with Crippen molar-refractivity contribution in [1.82, 2.24) is 9.88 Å². The smallest absolute Gasteiger partial charge is 0.133 e. The Bertz CT molecular complexity index is 386. The number of nitrogens with one attached hydrogen (secondary N) is 1. The zero-order valence-corrected chi connectivity index (χ0v) is 9.57. The summed E-state index contributed by atoms with van der Waals surface area (Å²) in [4.78, 5) is 6.74. The molecule has 86 valence electrons. The second kappa shape index (κ2) is 3.71. The number of hydrogen-bond acceptors (Lipinski definition) is 4. The van der Waals surface area contributed by atoms with Crippen molar-refractivity contribution in [3.63, 3.8) is 0 Å². The van der Waals surface area contributed by atoms with Gasteiger partial charge < -0.3 is 15.0 Å². The number of rotatable bonds is 0. The van der Waals surface area contributed by atoms with Crippen molar-refractivity contribution in [3.8, 4) is 0 Å². The summed E-state index contributed by atoms with van der Waals surface area (Å²) in [7, 11) is 2.16. The van der Waals surface area contributed by atoms with E-state index in [0.717, 1.165) is 31.7 Å². The fourth-order valence-corrected chi connectivity index (χ4v) is 2.63. The second-order valence-electron chi connectivity index (χ2n) is 4.66. The molecular formula is C12H17N3O. The number of likely N-dealkylation sites (tertiary alicyclic amines) is 1. The summed E-state index contributed by atoms with van der Waals surface area (Å²) >= 11 is 0. The van der Waals surface area contributed by atoms with E-state index < -0.39 is 0 Å². The average Bonchev–Trinajstić information content (AvgIpc) is 2.34. The zero-order chi connectivity index (χ0) is 11.0. The van der Waals surface area contributed by atoms with Gasteiger partial charge in [0.2, 0.25) is 0 Å². The van der Waals surface area contributed by atoms with Gasteiger partial charge in [-0.2, -0.15) is 0 Å². The van der Waals surface area contributed by atoms with Crippen LogP contribution in [0.5, 0.6) is 0 Å². The van der Waals surface area contributed by atoms with Crippen LogP contribution in [-0.4, -0.2) is 36.8 Å². The van der Waals surface area contributed by atoms with Crippen molar-refractivity contribution >= 4 is 5.82 Å². The highest BCUT2D eigenvalue weighted by Gasteiger charge is 2.40. The summed E-state index contributed by atoms with van der Waals surface area (Å²) < 4.78 is 6.00. The van der Waals surface area contributed by atoms with Crippen LogP contribution in [0.2, 0.25) is 0 Å². The molecule has 0 radical (unpaired) electrons. The van der Waals surface area contributed by atoms with Crippen LogP contribution in [0.1, 0.15) is 18.4 Å². The van der Waals surface area contributed by atoms with Crippen LogP contribution in [0.4, 0.5) is 5.82 Å². The molecule has 0 aliphatic carbocycles. The predicted molar refractivity (Wildman–Crippen MR) is 62.2 cm³/mol. The van der Waals surface area contributed by atoms with Crippen molar-refractivity contribution < 1.29 is 4.74 Å². The molecule has 0 unspecified atom stereocenters. The number of hydrogen-bond donors (Lipinski definition) is 1. The first kappa shape index (κ1) is 10.1. The SMILES string of the molecule is CN1CCC2(CC1)OCNc1ncccc12. The van der Waals surface area contributed by atoms with E-state index in [1.165, 1.54) is 5.56 Å². The van der Waals surface area contributed by atoms with Crippen LogP contribution >= 0.6 is 0 Å². The summed E-state index contributed by atoms with van der Waals surface area (Å²) in [5.74, 6) is 0.998. The number of piperidine rings is 1. The topological polar surface area (TPSA) is 37.4 Å². The third-order valence-corrected chi connectivity index (χ3v) is 3.68. The van der Waals surface area contributed by atoms with Crippen LogP contribution in [0, 0.1) is 0 Å². The Hall–Kier alpha value is -1.13. The van der Waals surface area contributed by atoms with E-state index >= 15 is 0 Å². The van der Waals surface area contributed by atoms with Crippen molar-refractivity contribution in [2.75, 3.05) is 32.2 Å². The Morgan fingerprint density at radius 2 is 2.25 bits per heavy atom. The average molecular weight is 219 g/mol. The maximum Gasteiger partial charge on any atom is 0.133 e. The van der Waals surface area contributed by atoms with Gasteiger partial charge in [-0.3, -0.25) is 0 Å². The van der Waals surface area contributed by atoms with Crippen molar-refractivity contribution in [2.24, 2.45) is 0 Å². The van der Waals surface area contributed by atoms with Gasteiger partial charge in [-0.15, -0.1) is 0 Å². The highest BCUT2D eigenvalue weighted by molar-refractivity contribution is 5.49. The Balaban J connectivity index is 1.97. The standard InChI is InChI=1S/C12H17N3O/c1-15-7-4-12(5-8-15)10-3-2-6-13-11(10)14-9-16-12/h2-3,6H,4-5,7-9H2,1H3,(H,13,14). The quantitative estimate of drug-likeness (QED) is 0.715. The molecule has 1 N–H and O–H groups in total. The van der Waals surface area contributed by atoms with Gasteiger partial charge in [-0.25, -0.2) is 4.98 Å². The fraction of sp³-hybridized carbons (Fsp3) is 0.583. The zero-order valence-electron chi connectivity index (χ0n) is 9.57. The molecular weight excluding hydrogens is 202 g/mol. The van der Waals surface area contributed by atoms with E-state index in [2.05, 4.69) is 28.3 Å². The Labute approximate surface area is 95.6 Å². The summed E-state index contributed by atoms with van der Waals surface area (Å²) in [6.07, 6.45) is 3.95. The van der Waals surface area contributed by atoms with E-state index in [-0.39, 0.29) is 5.60 Å². The number of fused-ring (bicyclic) bond motifs is 2. The molecule has 1 aromatic heterocycles. The number of aromatic nitrogens is 1. The largest absolute Gasteiger partial charge is 0.350 e. The molecule has 1 aromatic rings. The second-order valence-corrected chi connectivity index (χ2v) is 4.66. The van der Waals surface area contributed by atoms with Crippen LogP contribution in [-0.2, 0) is 10.3 Å². The third kappa shape index (κ3) is 1.49. The summed E-state index contributed by atoms with van der Waals surface area (Å²) in [6, 6.07) is 4.13. The minimum Gasteiger partial charge on any atom is -0.350 e.